The Morgan fingerprint density at radius 3 is 2.48 bits per heavy atom. The van der Waals surface area contributed by atoms with Crippen LogP contribution in [-0.2, 0) is 6.54 Å². The predicted molar refractivity (Wildman–Crippen MR) is 88.8 cm³/mol. The summed E-state index contributed by atoms with van der Waals surface area (Å²) in [7, 11) is 3.86. The third-order valence-electron chi connectivity index (χ3n) is 2.90. The highest BCUT2D eigenvalue weighted by molar-refractivity contribution is 7.13. The quantitative estimate of drug-likeness (QED) is 0.919. The van der Waals surface area contributed by atoms with E-state index in [0.29, 0.717) is 22.2 Å². The average molecular weight is 344 g/mol. The van der Waals surface area contributed by atoms with Crippen LogP contribution in [0.2, 0.25) is 10.0 Å². The number of nitrogens with one attached hydrogen (secondary N) is 1. The molecule has 0 saturated heterocycles. The van der Waals surface area contributed by atoms with Gasteiger partial charge in [-0.3, -0.25) is 4.79 Å². The first-order valence-corrected chi connectivity index (χ1v) is 7.87. The molecule has 1 aromatic heterocycles. The third-order valence-corrected chi connectivity index (χ3v) is 4.74. The summed E-state index contributed by atoms with van der Waals surface area (Å²) in [4.78, 5) is 18.4. The van der Waals surface area contributed by atoms with Crippen molar-refractivity contribution in [2.45, 2.75) is 13.5 Å². The maximum absolute atomic E-state index is 12.1. The van der Waals surface area contributed by atoms with Crippen LogP contribution in [0.4, 0.5) is 5.13 Å². The van der Waals surface area contributed by atoms with Crippen molar-refractivity contribution in [3.8, 4) is 0 Å². The minimum Gasteiger partial charge on any atom is -0.354 e. The van der Waals surface area contributed by atoms with Gasteiger partial charge in [-0.25, -0.2) is 4.98 Å². The second-order valence-corrected chi connectivity index (χ2v) is 6.41. The number of thiazole rings is 1. The van der Waals surface area contributed by atoms with Crippen molar-refractivity contribution in [3.05, 3.63) is 44.4 Å². The van der Waals surface area contributed by atoms with E-state index in [2.05, 4.69) is 10.3 Å². The van der Waals surface area contributed by atoms with Crippen LogP contribution in [0.1, 0.15) is 21.6 Å². The lowest BCUT2D eigenvalue weighted by molar-refractivity contribution is 0.0950. The molecular formula is C14H15Cl2N3OS. The zero-order valence-electron chi connectivity index (χ0n) is 11.9. The number of nitrogens with zero attached hydrogens (tertiary/aromatic N) is 2. The van der Waals surface area contributed by atoms with Gasteiger partial charge in [-0.1, -0.05) is 23.2 Å². The predicted octanol–water partition coefficient (Wildman–Crippen LogP) is 3.75. The van der Waals surface area contributed by atoms with Gasteiger partial charge >= 0.3 is 0 Å². The number of rotatable bonds is 4. The minimum absolute atomic E-state index is 0.224. The Kier molecular flexibility index (Phi) is 5.08. The Hall–Kier alpha value is -1.30. The Bertz CT molecular complexity index is 647. The van der Waals surface area contributed by atoms with E-state index in [0.717, 1.165) is 16.4 Å². The first-order chi connectivity index (χ1) is 9.88. The Morgan fingerprint density at radius 2 is 1.95 bits per heavy atom. The highest BCUT2D eigenvalue weighted by Crippen LogP contribution is 2.25. The van der Waals surface area contributed by atoms with Gasteiger partial charge in [-0.2, -0.15) is 0 Å². The topological polar surface area (TPSA) is 45.2 Å². The molecule has 21 heavy (non-hydrogen) atoms. The molecule has 0 bridgehead atoms. The number of benzene rings is 1. The second kappa shape index (κ2) is 6.64. The van der Waals surface area contributed by atoms with Gasteiger partial charge in [0.15, 0.2) is 5.13 Å². The van der Waals surface area contributed by atoms with Gasteiger partial charge in [0.2, 0.25) is 0 Å². The van der Waals surface area contributed by atoms with Crippen LogP contribution >= 0.6 is 34.5 Å². The molecule has 2 rings (SSSR count). The molecule has 4 nitrogen and oxygen atoms in total. The normalized spacial score (nSPS) is 10.5. The fourth-order valence-electron chi connectivity index (χ4n) is 1.63. The van der Waals surface area contributed by atoms with E-state index in [4.69, 9.17) is 23.2 Å². The number of amides is 1. The van der Waals surface area contributed by atoms with Crippen molar-refractivity contribution >= 4 is 45.6 Å². The standard InChI is InChI=1S/C14H15Cl2N3OS/c1-8-11(15)4-9(5-12(8)16)13(20)17-6-10-7-21-14(18-10)19(2)3/h4-5,7H,6H2,1-3H3,(H,17,20). The summed E-state index contributed by atoms with van der Waals surface area (Å²) in [6.07, 6.45) is 0. The molecule has 0 unspecified atom stereocenters. The maximum Gasteiger partial charge on any atom is 0.251 e. The average Bonchev–Trinajstić information content (AvgIpc) is 2.90. The number of aromatic nitrogens is 1. The molecule has 0 fully saturated rings. The highest BCUT2D eigenvalue weighted by atomic mass is 35.5. The van der Waals surface area contributed by atoms with Crippen LogP contribution in [-0.4, -0.2) is 25.0 Å². The molecule has 0 radical (unpaired) electrons. The lowest BCUT2D eigenvalue weighted by Gasteiger charge is -2.08. The fourth-order valence-corrected chi connectivity index (χ4v) is 2.88. The first kappa shape index (κ1) is 16.1. The second-order valence-electron chi connectivity index (χ2n) is 4.76. The Balaban J connectivity index is 2.04. The summed E-state index contributed by atoms with van der Waals surface area (Å²) >= 11 is 13.6. The van der Waals surface area contributed by atoms with Crippen molar-refractivity contribution in [1.29, 1.82) is 0 Å². The molecule has 2 aromatic rings. The number of hydrogen-bond donors (Lipinski definition) is 1. The summed E-state index contributed by atoms with van der Waals surface area (Å²) < 4.78 is 0. The van der Waals surface area contributed by atoms with Crippen LogP contribution < -0.4 is 10.2 Å². The van der Waals surface area contributed by atoms with E-state index >= 15 is 0 Å². The number of hydrogen-bond acceptors (Lipinski definition) is 4. The van der Waals surface area contributed by atoms with Crippen molar-refractivity contribution in [2.24, 2.45) is 0 Å². The summed E-state index contributed by atoms with van der Waals surface area (Å²) in [6, 6.07) is 3.23. The Morgan fingerprint density at radius 1 is 1.33 bits per heavy atom. The number of anilines is 1. The lowest BCUT2D eigenvalue weighted by Crippen LogP contribution is -2.23. The summed E-state index contributed by atoms with van der Waals surface area (Å²) in [5.41, 5.74) is 2.03. The molecule has 1 N–H and O–H groups in total. The first-order valence-electron chi connectivity index (χ1n) is 6.24. The van der Waals surface area contributed by atoms with Crippen LogP contribution in [0.15, 0.2) is 17.5 Å². The van der Waals surface area contributed by atoms with E-state index in [1.807, 2.05) is 31.3 Å². The van der Waals surface area contributed by atoms with Crippen molar-refractivity contribution < 1.29 is 4.79 Å². The fraction of sp³-hybridized carbons (Fsp3) is 0.286. The summed E-state index contributed by atoms with van der Waals surface area (Å²) in [5, 5.41) is 6.60. The molecular weight excluding hydrogens is 329 g/mol. The molecule has 1 aromatic carbocycles. The van der Waals surface area contributed by atoms with Gasteiger partial charge in [0.05, 0.1) is 12.2 Å². The summed E-state index contributed by atoms with van der Waals surface area (Å²) in [5.74, 6) is -0.224. The molecule has 0 saturated carbocycles. The molecule has 0 aliphatic rings. The van der Waals surface area contributed by atoms with Gasteiger partial charge in [-0.15, -0.1) is 11.3 Å². The third kappa shape index (κ3) is 3.87. The van der Waals surface area contributed by atoms with Gasteiger partial charge in [-0.05, 0) is 24.6 Å². The van der Waals surface area contributed by atoms with Crippen molar-refractivity contribution in [1.82, 2.24) is 10.3 Å². The molecule has 1 amide bonds. The van der Waals surface area contributed by atoms with E-state index in [9.17, 15) is 4.79 Å². The van der Waals surface area contributed by atoms with Gasteiger partial charge < -0.3 is 10.2 Å². The molecule has 1 heterocycles. The van der Waals surface area contributed by atoms with Crippen LogP contribution in [0.3, 0.4) is 0 Å². The number of carbonyl (C=O) groups is 1. The van der Waals surface area contributed by atoms with Crippen molar-refractivity contribution in [3.63, 3.8) is 0 Å². The van der Waals surface area contributed by atoms with Gasteiger partial charge in [0, 0.05) is 35.1 Å². The molecule has 0 spiro atoms. The monoisotopic (exact) mass is 343 g/mol. The zero-order chi connectivity index (χ0) is 15.6. The number of carbonyl (C=O) groups excluding carboxylic acids is 1. The van der Waals surface area contributed by atoms with Gasteiger partial charge in [0.1, 0.15) is 0 Å². The van der Waals surface area contributed by atoms with Crippen LogP contribution in [0.25, 0.3) is 0 Å². The summed E-state index contributed by atoms with van der Waals surface area (Å²) in [6.45, 7) is 2.18. The molecule has 0 atom stereocenters. The SMILES string of the molecule is Cc1c(Cl)cc(C(=O)NCc2csc(N(C)C)n2)cc1Cl. The molecule has 7 heteroatoms. The lowest BCUT2D eigenvalue weighted by atomic mass is 10.1. The molecule has 0 aliphatic carbocycles. The van der Waals surface area contributed by atoms with Crippen molar-refractivity contribution in [2.75, 3.05) is 19.0 Å². The largest absolute Gasteiger partial charge is 0.354 e. The van der Waals surface area contributed by atoms with E-state index in [1.54, 1.807) is 12.1 Å². The van der Waals surface area contributed by atoms with Crippen LogP contribution in [0, 0.1) is 6.92 Å². The molecule has 112 valence electrons. The molecule has 0 aliphatic heterocycles. The minimum atomic E-state index is -0.224. The van der Waals surface area contributed by atoms with Crippen LogP contribution in [0.5, 0.6) is 0 Å². The van der Waals surface area contributed by atoms with E-state index in [-0.39, 0.29) is 5.91 Å². The van der Waals surface area contributed by atoms with Gasteiger partial charge in [0.25, 0.3) is 5.91 Å². The van der Waals surface area contributed by atoms with E-state index in [1.165, 1.54) is 11.3 Å². The van der Waals surface area contributed by atoms with E-state index < -0.39 is 0 Å². The Labute approximate surface area is 137 Å². The zero-order valence-corrected chi connectivity index (χ0v) is 14.2. The maximum atomic E-state index is 12.1. The highest BCUT2D eigenvalue weighted by Gasteiger charge is 2.11. The smallest absolute Gasteiger partial charge is 0.251 e. The number of halogens is 2.